The van der Waals surface area contributed by atoms with Crippen molar-refractivity contribution in [1.29, 1.82) is 0 Å². The van der Waals surface area contributed by atoms with Gasteiger partial charge < -0.3 is 4.57 Å². The van der Waals surface area contributed by atoms with Crippen LogP contribution in [0.4, 0.5) is 0 Å². The number of Topliss-reactive ketones (excluding diaryl/α,β-unsaturated/α-hetero) is 1. The fourth-order valence-electron chi connectivity index (χ4n) is 3.99. The molecule has 7 heteroatoms. The monoisotopic (exact) mass is 428 g/mol. The largest absolute Gasteiger partial charge is 0.352 e. The van der Waals surface area contributed by atoms with E-state index in [2.05, 4.69) is 9.97 Å². The van der Waals surface area contributed by atoms with Gasteiger partial charge in [-0.3, -0.25) is 19.1 Å². The lowest BCUT2D eigenvalue weighted by Gasteiger charge is -2.17. The maximum Gasteiger partial charge on any atom is 0.352 e. The lowest BCUT2D eigenvalue weighted by molar-refractivity contribution is 0.0970. The summed E-state index contributed by atoms with van der Waals surface area (Å²) in [5.41, 5.74) is 2.64. The second-order valence-electron chi connectivity index (χ2n) is 7.60. The molecule has 0 saturated heterocycles. The maximum atomic E-state index is 13.3. The van der Waals surface area contributed by atoms with Gasteiger partial charge in [-0.05, 0) is 47.7 Å². The summed E-state index contributed by atoms with van der Waals surface area (Å²) >= 11 is 0. The Balaban J connectivity index is 1.75. The molecular formula is C25H24N4O3. The molecule has 7 nitrogen and oxygen atoms in total. The molecule has 0 fully saturated rings. The van der Waals surface area contributed by atoms with E-state index >= 15 is 0 Å². The van der Waals surface area contributed by atoms with Crippen LogP contribution in [-0.4, -0.2) is 24.9 Å². The van der Waals surface area contributed by atoms with Crippen molar-refractivity contribution in [3.63, 3.8) is 0 Å². The topological polar surface area (TPSA) is 86.9 Å². The van der Waals surface area contributed by atoms with Gasteiger partial charge in [-0.25, -0.2) is 4.79 Å². The number of aryl methyl sites for hydroxylation is 2. The Morgan fingerprint density at radius 3 is 2.38 bits per heavy atom. The molecule has 2 aromatic rings. The number of carbonyl (C=O) groups is 1. The zero-order valence-corrected chi connectivity index (χ0v) is 18.1. The van der Waals surface area contributed by atoms with Gasteiger partial charge in [0.15, 0.2) is 11.6 Å². The summed E-state index contributed by atoms with van der Waals surface area (Å²) in [4.78, 5) is 47.2. The van der Waals surface area contributed by atoms with Crippen molar-refractivity contribution < 1.29 is 4.79 Å². The zero-order chi connectivity index (χ0) is 22.7. The standard InChI is InChI=1S/C25H24N4O3/c1-3-18-9-5-10-19(4-2)22(18)21(30)16-28-13-7-11-20-23(28)27-25(32)29(24(20)31)15-17-8-6-12-26-14-17/h5-14H,3-4,15-16H2,1-2H3. The second kappa shape index (κ2) is 9.09. The molecule has 162 valence electrons. The Morgan fingerprint density at radius 2 is 1.72 bits per heavy atom. The van der Waals surface area contributed by atoms with Gasteiger partial charge in [-0.2, -0.15) is 4.98 Å². The first-order valence-corrected chi connectivity index (χ1v) is 10.7. The van der Waals surface area contributed by atoms with E-state index in [1.807, 2.05) is 32.0 Å². The molecule has 0 N–H and O–H groups in total. The molecule has 0 amide bonds. The molecule has 2 aliphatic rings. The van der Waals surface area contributed by atoms with Crippen molar-refractivity contribution in [2.75, 3.05) is 0 Å². The van der Waals surface area contributed by atoms with Crippen LogP contribution in [0.5, 0.6) is 0 Å². The average Bonchev–Trinajstić information content (AvgIpc) is 2.82. The van der Waals surface area contributed by atoms with E-state index in [9.17, 15) is 14.4 Å². The molecular weight excluding hydrogens is 404 g/mol. The first kappa shape index (κ1) is 21.4. The fourth-order valence-corrected chi connectivity index (χ4v) is 3.99. The molecule has 0 bridgehead atoms. The van der Waals surface area contributed by atoms with E-state index in [4.69, 9.17) is 0 Å². The molecule has 1 aromatic carbocycles. The van der Waals surface area contributed by atoms with Crippen LogP contribution >= 0.6 is 0 Å². The summed E-state index contributed by atoms with van der Waals surface area (Å²) in [7, 11) is 0. The van der Waals surface area contributed by atoms with E-state index < -0.39 is 11.2 Å². The first-order valence-electron chi connectivity index (χ1n) is 10.7. The SMILES string of the molecule is CCc1cccc(CC)c1C(=O)Cn1cccc2c(=O)n(Cc3cccnc3)c(=O)nc1-2. The Labute approximate surface area is 185 Å². The summed E-state index contributed by atoms with van der Waals surface area (Å²) < 4.78 is 2.67. The number of benzene rings is 1. The molecule has 4 rings (SSSR count). The normalized spacial score (nSPS) is 11.1. The van der Waals surface area contributed by atoms with E-state index in [1.165, 1.54) is 0 Å². The molecule has 0 unspecified atom stereocenters. The number of carbonyl (C=O) groups excluding carboxylic acids is 1. The third-order valence-corrected chi connectivity index (χ3v) is 5.60. The Morgan fingerprint density at radius 1 is 0.969 bits per heavy atom. The average molecular weight is 428 g/mol. The summed E-state index contributed by atoms with van der Waals surface area (Å²) in [5, 5.41) is 0. The maximum absolute atomic E-state index is 13.3. The highest BCUT2D eigenvalue weighted by Gasteiger charge is 2.20. The van der Waals surface area contributed by atoms with Crippen LogP contribution < -0.4 is 11.2 Å². The number of rotatable bonds is 7. The van der Waals surface area contributed by atoms with Gasteiger partial charge in [0.25, 0.3) is 5.56 Å². The minimum atomic E-state index is -0.651. The van der Waals surface area contributed by atoms with Gasteiger partial charge in [0.05, 0.1) is 18.7 Å². The molecule has 0 radical (unpaired) electrons. The summed E-state index contributed by atoms with van der Waals surface area (Å²) in [6.07, 6.45) is 6.41. The molecule has 0 atom stereocenters. The number of ketones is 1. The quantitative estimate of drug-likeness (QED) is 0.423. The third-order valence-electron chi connectivity index (χ3n) is 5.60. The lowest BCUT2D eigenvalue weighted by Crippen LogP contribution is -2.38. The number of hydrogen-bond donors (Lipinski definition) is 0. The van der Waals surface area contributed by atoms with Gasteiger partial charge in [-0.15, -0.1) is 0 Å². The molecule has 1 aromatic heterocycles. The molecule has 0 saturated carbocycles. The van der Waals surface area contributed by atoms with E-state index in [0.717, 1.165) is 34.1 Å². The highest BCUT2D eigenvalue weighted by atomic mass is 16.2. The van der Waals surface area contributed by atoms with Crippen LogP contribution in [0.15, 0.2) is 70.6 Å². The molecule has 3 heterocycles. The van der Waals surface area contributed by atoms with Crippen molar-refractivity contribution in [2.24, 2.45) is 0 Å². The van der Waals surface area contributed by atoms with Crippen LogP contribution in [0.2, 0.25) is 0 Å². The summed E-state index contributed by atoms with van der Waals surface area (Å²) in [5.74, 6) is 0.149. The predicted octanol–water partition coefficient (Wildman–Crippen LogP) is 2.96. The van der Waals surface area contributed by atoms with E-state index in [0.29, 0.717) is 11.1 Å². The summed E-state index contributed by atoms with van der Waals surface area (Å²) in [6, 6.07) is 12.8. The number of hydrogen-bond acceptors (Lipinski definition) is 5. The second-order valence-corrected chi connectivity index (χ2v) is 7.60. The molecule has 0 spiro atoms. The molecule has 2 aliphatic heterocycles. The van der Waals surface area contributed by atoms with Crippen LogP contribution in [0.3, 0.4) is 0 Å². The summed E-state index contributed by atoms with van der Waals surface area (Å²) in [6.45, 7) is 4.13. The van der Waals surface area contributed by atoms with Crippen LogP contribution in [0, 0.1) is 0 Å². The van der Waals surface area contributed by atoms with Crippen LogP contribution in [-0.2, 0) is 25.9 Å². The molecule has 32 heavy (non-hydrogen) atoms. The number of fused-ring (bicyclic) bond motifs is 1. The van der Waals surface area contributed by atoms with Gasteiger partial charge >= 0.3 is 5.69 Å². The number of pyridine rings is 2. The van der Waals surface area contributed by atoms with Crippen molar-refractivity contribution in [2.45, 2.75) is 39.8 Å². The highest BCUT2D eigenvalue weighted by molar-refractivity contribution is 5.99. The van der Waals surface area contributed by atoms with Crippen molar-refractivity contribution in [1.82, 2.24) is 19.1 Å². The number of aromatic nitrogens is 4. The van der Waals surface area contributed by atoms with Crippen molar-refractivity contribution >= 4 is 5.78 Å². The van der Waals surface area contributed by atoms with Crippen LogP contribution in [0.25, 0.3) is 11.4 Å². The third kappa shape index (κ3) is 4.01. The first-order chi connectivity index (χ1) is 15.5. The Bertz CT molecular complexity index is 1330. The minimum absolute atomic E-state index is 0.000147. The lowest BCUT2D eigenvalue weighted by atomic mass is 9.94. The smallest absolute Gasteiger partial charge is 0.324 e. The Kier molecular flexibility index (Phi) is 6.07. The Hall–Kier alpha value is -3.87. The van der Waals surface area contributed by atoms with Gasteiger partial charge in [-0.1, -0.05) is 38.1 Å². The van der Waals surface area contributed by atoms with Crippen LogP contribution in [0.1, 0.15) is 40.9 Å². The van der Waals surface area contributed by atoms with E-state index in [1.54, 1.807) is 47.4 Å². The zero-order valence-electron chi connectivity index (χ0n) is 18.1. The predicted molar refractivity (Wildman–Crippen MR) is 122 cm³/mol. The minimum Gasteiger partial charge on any atom is -0.324 e. The van der Waals surface area contributed by atoms with Gasteiger partial charge in [0.2, 0.25) is 0 Å². The van der Waals surface area contributed by atoms with Gasteiger partial charge in [0.1, 0.15) is 0 Å². The van der Waals surface area contributed by atoms with Gasteiger partial charge in [0, 0.05) is 24.2 Å². The highest BCUT2D eigenvalue weighted by Crippen LogP contribution is 2.20. The van der Waals surface area contributed by atoms with Crippen molar-refractivity contribution in [3.05, 3.63) is 104 Å². The number of nitrogens with zero attached hydrogens (tertiary/aromatic N) is 4. The fraction of sp³-hybridized carbons (Fsp3) is 0.240. The molecule has 0 aliphatic carbocycles. The van der Waals surface area contributed by atoms with Crippen molar-refractivity contribution in [3.8, 4) is 11.4 Å². The van der Waals surface area contributed by atoms with E-state index in [-0.39, 0.29) is 24.7 Å².